The van der Waals surface area contributed by atoms with Crippen molar-refractivity contribution in [2.75, 3.05) is 29.5 Å². The van der Waals surface area contributed by atoms with Gasteiger partial charge < -0.3 is 5.32 Å². The molecule has 192 valence electrons. The van der Waals surface area contributed by atoms with Crippen LogP contribution in [0, 0.1) is 0 Å². The highest BCUT2D eigenvalue weighted by molar-refractivity contribution is 8.01. The van der Waals surface area contributed by atoms with Crippen molar-refractivity contribution in [1.29, 1.82) is 0 Å². The van der Waals surface area contributed by atoms with Gasteiger partial charge in [0.2, 0.25) is 21.1 Å². The number of benzene rings is 2. The monoisotopic (exact) mass is 587 g/mol. The molecule has 14 heteroatoms. The Labute approximate surface area is 227 Å². The van der Waals surface area contributed by atoms with Gasteiger partial charge in [0, 0.05) is 36.5 Å². The lowest BCUT2D eigenvalue weighted by Gasteiger charge is -2.18. The van der Waals surface area contributed by atoms with E-state index in [0.29, 0.717) is 44.0 Å². The summed E-state index contributed by atoms with van der Waals surface area (Å²) < 4.78 is 27.1. The molecule has 0 saturated heterocycles. The fourth-order valence-corrected chi connectivity index (χ4v) is 6.52. The molecule has 2 N–H and O–H groups in total. The molecule has 0 aliphatic carbocycles. The standard InChI is InChI=1S/C22H23Cl2N5O4S3/c1-3-29(4-2)36(32,33)16-8-5-14(6-9-16)20(31)26-21-27-28-22(35-21)34-12-11-19(30)25-15-7-10-17(23)18(24)13-15/h5-10,13H,3-4,11-12H2,1-2H3,(H,25,30)(H,26,27,31). The van der Waals surface area contributed by atoms with E-state index in [1.165, 1.54) is 51.7 Å². The van der Waals surface area contributed by atoms with Gasteiger partial charge in [0.05, 0.1) is 14.9 Å². The van der Waals surface area contributed by atoms with E-state index in [9.17, 15) is 18.0 Å². The van der Waals surface area contributed by atoms with Crippen LogP contribution in [0.5, 0.6) is 0 Å². The number of hydrogen-bond donors (Lipinski definition) is 2. The summed E-state index contributed by atoms with van der Waals surface area (Å²) in [6.45, 7) is 4.26. The van der Waals surface area contributed by atoms with Crippen LogP contribution in [-0.4, -0.2) is 53.6 Å². The Morgan fingerprint density at radius 3 is 2.33 bits per heavy atom. The van der Waals surface area contributed by atoms with Crippen LogP contribution >= 0.6 is 46.3 Å². The molecule has 2 amide bonds. The van der Waals surface area contributed by atoms with Gasteiger partial charge in [-0.2, -0.15) is 4.31 Å². The van der Waals surface area contributed by atoms with E-state index in [1.54, 1.807) is 32.0 Å². The maximum absolute atomic E-state index is 12.6. The van der Waals surface area contributed by atoms with Crippen molar-refractivity contribution in [2.24, 2.45) is 0 Å². The summed E-state index contributed by atoms with van der Waals surface area (Å²) in [5.74, 6) is -0.168. The fourth-order valence-electron chi connectivity index (χ4n) is 3.01. The van der Waals surface area contributed by atoms with Gasteiger partial charge >= 0.3 is 0 Å². The third kappa shape index (κ3) is 7.40. The van der Waals surface area contributed by atoms with Crippen molar-refractivity contribution in [2.45, 2.75) is 29.5 Å². The highest BCUT2D eigenvalue weighted by Gasteiger charge is 2.22. The fraction of sp³-hybridized carbons (Fsp3) is 0.273. The molecule has 36 heavy (non-hydrogen) atoms. The first kappa shape index (κ1) is 28.4. The molecule has 0 aliphatic heterocycles. The zero-order valence-electron chi connectivity index (χ0n) is 19.3. The van der Waals surface area contributed by atoms with Crippen LogP contribution in [0.3, 0.4) is 0 Å². The highest BCUT2D eigenvalue weighted by atomic mass is 35.5. The Kier molecular flexibility index (Phi) is 10.1. The minimum atomic E-state index is -3.60. The number of carbonyl (C=O) groups excluding carboxylic acids is 2. The molecule has 1 aromatic heterocycles. The second-order valence-electron chi connectivity index (χ2n) is 7.22. The Bertz CT molecular complexity index is 1330. The number of nitrogens with zero attached hydrogens (tertiary/aromatic N) is 3. The Balaban J connectivity index is 1.50. The summed E-state index contributed by atoms with van der Waals surface area (Å²) in [5, 5.41) is 14.4. The van der Waals surface area contributed by atoms with E-state index >= 15 is 0 Å². The van der Waals surface area contributed by atoms with Crippen LogP contribution in [-0.2, 0) is 14.8 Å². The normalized spacial score (nSPS) is 11.5. The minimum absolute atomic E-state index is 0.126. The minimum Gasteiger partial charge on any atom is -0.326 e. The van der Waals surface area contributed by atoms with E-state index in [-0.39, 0.29) is 22.8 Å². The van der Waals surface area contributed by atoms with Crippen LogP contribution in [0.2, 0.25) is 10.0 Å². The molecule has 0 saturated carbocycles. The summed E-state index contributed by atoms with van der Waals surface area (Å²) in [4.78, 5) is 24.8. The molecule has 2 aromatic carbocycles. The lowest BCUT2D eigenvalue weighted by atomic mass is 10.2. The Morgan fingerprint density at radius 2 is 1.69 bits per heavy atom. The molecule has 9 nitrogen and oxygen atoms in total. The first-order valence-electron chi connectivity index (χ1n) is 10.8. The number of aromatic nitrogens is 2. The van der Waals surface area contributed by atoms with E-state index in [0.717, 1.165) is 0 Å². The van der Waals surface area contributed by atoms with Gasteiger partial charge in [-0.1, -0.05) is 60.1 Å². The van der Waals surface area contributed by atoms with E-state index in [4.69, 9.17) is 23.2 Å². The number of anilines is 2. The lowest BCUT2D eigenvalue weighted by molar-refractivity contribution is -0.115. The molecule has 0 bridgehead atoms. The van der Waals surface area contributed by atoms with Crippen LogP contribution in [0.1, 0.15) is 30.6 Å². The van der Waals surface area contributed by atoms with Crippen molar-refractivity contribution in [1.82, 2.24) is 14.5 Å². The average molecular weight is 589 g/mol. The third-order valence-corrected chi connectivity index (χ3v) is 9.62. The largest absolute Gasteiger partial charge is 0.326 e. The number of amides is 2. The maximum atomic E-state index is 12.6. The van der Waals surface area contributed by atoms with Crippen LogP contribution in [0.15, 0.2) is 51.7 Å². The van der Waals surface area contributed by atoms with Crippen LogP contribution in [0.25, 0.3) is 0 Å². The molecular weight excluding hydrogens is 565 g/mol. The predicted octanol–water partition coefficient (Wildman–Crippen LogP) is 5.25. The topological polar surface area (TPSA) is 121 Å². The van der Waals surface area contributed by atoms with Gasteiger partial charge in [0.1, 0.15) is 0 Å². The first-order chi connectivity index (χ1) is 17.1. The maximum Gasteiger partial charge on any atom is 0.257 e. The smallest absolute Gasteiger partial charge is 0.257 e. The molecule has 1 heterocycles. The Morgan fingerprint density at radius 1 is 1.00 bits per heavy atom. The van der Waals surface area contributed by atoms with E-state index in [1.807, 2.05) is 0 Å². The second kappa shape index (κ2) is 12.8. The van der Waals surface area contributed by atoms with Gasteiger partial charge in [0.25, 0.3) is 5.91 Å². The van der Waals surface area contributed by atoms with Crippen molar-refractivity contribution < 1.29 is 18.0 Å². The van der Waals surface area contributed by atoms with Crippen molar-refractivity contribution in [3.8, 4) is 0 Å². The van der Waals surface area contributed by atoms with Gasteiger partial charge in [-0.25, -0.2) is 8.42 Å². The summed E-state index contributed by atoms with van der Waals surface area (Å²) in [6.07, 6.45) is 0.231. The van der Waals surface area contributed by atoms with Gasteiger partial charge in [-0.3, -0.25) is 14.9 Å². The predicted molar refractivity (Wildman–Crippen MR) is 145 cm³/mol. The molecule has 0 radical (unpaired) electrons. The molecule has 0 spiro atoms. The van der Waals surface area contributed by atoms with Crippen molar-refractivity contribution >= 4 is 79.0 Å². The molecule has 0 fully saturated rings. The quantitative estimate of drug-likeness (QED) is 0.232. The number of carbonyl (C=O) groups is 2. The van der Waals surface area contributed by atoms with Crippen LogP contribution < -0.4 is 10.6 Å². The van der Waals surface area contributed by atoms with Crippen molar-refractivity contribution in [3.05, 3.63) is 58.1 Å². The summed E-state index contributed by atoms with van der Waals surface area (Å²) in [7, 11) is -3.60. The SMILES string of the molecule is CCN(CC)S(=O)(=O)c1ccc(C(=O)Nc2nnc(SCCC(=O)Nc3ccc(Cl)c(Cl)c3)s2)cc1. The Hall–Kier alpha value is -2.22. The average Bonchev–Trinajstić information content (AvgIpc) is 3.29. The van der Waals surface area contributed by atoms with Gasteiger partial charge in [-0.15, -0.1) is 10.2 Å². The first-order valence-corrected chi connectivity index (χ1v) is 14.8. The number of nitrogens with one attached hydrogen (secondary N) is 2. The van der Waals surface area contributed by atoms with Gasteiger partial charge in [-0.05, 0) is 42.5 Å². The zero-order chi connectivity index (χ0) is 26.3. The molecule has 3 rings (SSSR count). The number of rotatable bonds is 11. The lowest BCUT2D eigenvalue weighted by Crippen LogP contribution is -2.30. The van der Waals surface area contributed by atoms with Crippen LogP contribution in [0.4, 0.5) is 10.8 Å². The summed E-state index contributed by atoms with van der Waals surface area (Å²) in [5.41, 5.74) is 0.843. The van der Waals surface area contributed by atoms with E-state index < -0.39 is 15.9 Å². The summed E-state index contributed by atoms with van der Waals surface area (Å²) in [6, 6.07) is 10.6. The third-order valence-electron chi connectivity index (χ3n) is 4.84. The number of hydrogen-bond acceptors (Lipinski definition) is 8. The summed E-state index contributed by atoms with van der Waals surface area (Å²) >= 11 is 14.3. The zero-order valence-corrected chi connectivity index (χ0v) is 23.3. The van der Waals surface area contributed by atoms with Gasteiger partial charge in [0.15, 0.2) is 4.34 Å². The number of thioether (sulfide) groups is 1. The molecular formula is C22H23Cl2N5O4S3. The molecule has 0 atom stereocenters. The number of halogens is 2. The highest BCUT2D eigenvalue weighted by Crippen LogP contribution is 2.27. The second-order valence-corrected chi connectivity index (χ2v) is 12.3. The van der Waals surface area contributed by atoms with Crippen molar-refractivity contribution in [3.63, 3.8) is 0 Å². The molecule has 0 unspecified atom stereocenters. The molecule has 0 aliphatic rings. The number of sulfonamides is 1. The molecule has 3 aromatic rings. The van der Waals surface area contributed by atoms with E-state index in [2.05, 4.69) is 20.8 Å².